The highest BCUT2D eigenvalue weighted by molar-refractivity contribution is 5.76. The molecule has 2 atom stereocenters. The lowest BCUT2D eigenvalue weighted by atomic mass is 10.2. The molecule has 1 N–H and O–H groups in total. The highest BCUT2D eigenvalue weighted by atomic mass is 16.5. The molecule has 116 valence electrons. The van der Waals surface area contributed by atoms with Crippen molar-refractivity contribution >= 4 is 5.91 Å². The zero-order valence-electron chi connectivity index (χ0n) is 12.6. The van der Waals surface area contributed by atoms with E-state index in [0.717, 1.165) is 51.9 Å². The van der Waals surface area contributed by atoms with Crippen LogP contribution in [0.25, 0.3) is 0 Å². The quantitative estimate of drug-likeness (QED) is 0.680. The molecule has 0 spiro atoms. The number of carbonyl (C=O) groups excluding carboxylic acids is 1. The summed E-state index contributed by atoms with van der Waals surface area (Å²) in [6, 6.07) is 0.376. The van der Waals surface area contributed by atoms with Gasteiger partial charge >= 0.3 is 0 Å². The van der Waals surface area contributed by atoms with E-state index in [4.69, 9.17) is 9.47 Å². The van der Waals surface area contributed by atoms with Crippen molar-refractivity contribution in [2.45, 2.75) is 51.2 Å². The topological polar surface area (TPSA) is 50.8 Å². The van der Waals surface area contributed by atoms with Gasteiger partial charge in [-0.25, -0.2) is 0 Å². The van der Waals surface area contributed by atoms with Gasteiger partial charge in [0.2, 0.25) is 5.91 Å². The largest absolute Gasteiger partial charge is 0.378 e. The van der Waals surface area contributed by atoms with Crippen LogP contribution < -0.4 is 5.32 Å². The molecule has 0 aromatic heterocycles. The van der Waals surface area contributed by atoms with E-state index < -0.39 is 0 Å². The van der Waals surface area contributed by atoms with Gasteiger partial charge in [-0.15, -0.1) is 0 Å². The molecule has 2 heterocycles. The summed E-state index contributed by atoms with van der Waals surface area (Å²) in [7, 11) is 0. The molecule has 5 heteroatoms. The first-order chi connectivity index (χ1) is 9.81. The van der Waals surface area contributed by atoms with Gasteiger partial charge < -0.3 is 19.7 Å². The van der Waals surface area contributed by atoms with Gasteiger partial charge in [0.25, 0.3) is 0 Å². The van der Waals surface area contributed by atoms with Crippen LogP contribution >= 0.6 is 0 Å². The number of ether oxygens (including phenoxy) is 2. The van der Waals surface area contributed by atoms with E-state index in [-0.39, 0.29) is 12.0 Å². The fraction of sp³-hybridized carbons (Fsp3) is 0.933. The summed E-state index contributed by atoms with van der Waals surface area (Å²) < 4.78 is 11.1. The second-order valence-corrected chi connectivity index (χ2v) is 5.69. The molecule has 2 fully saturated rings. The van der Waals surface area contributed by atoms with Gasteiger partial charge in [0.1, 0.15) is 0 Å². The van der Waals surface area contributed by atoms with E-state index in [2.05, 4.69) is 12.2 Å². The molecule has 2 aliphatic heterocycles. The summed E-state index contributed by atoms with van der Waals surface area (Å²) in [6.07, 6.45) is 5.04. The normalized spacial score (nSPS) is 26.1. The molecular formula is C15H28N2O3. The first kappa shape index (κ1) is 15.7. The van der Waals surface area contributed by atoms with E-state index in [0.29, 0.717) is 25.7 Å². The van der Waals surface area contributed by atoms with Gasteiger partial charge in [-0.2, -0.15) is 0 Å². The van der Waals surface area contributed by atoms with Crippen LogP contribution in [0.1, 0.15) is 39.0 Å². The highest BCUT2D eigenvalue weighted by Crippen LogP contribution is 2.13. The fourth-order valence-corrected chi connectivity index (χ4v) is 2.95. The van der Waals surface area contributed by atoms with E-state index in [1.54, 1.807) is 0 Å². The molecule has 5 nitrogen and oxygen atoms in total. The number of amides is 1. The Morgan fingerprint density at radius 2 is 2.35 bits per heavy atom. The van der Waals surface area contributed by atoms with Crippen molar-refractivity contribution in [3.63, 3.8) is 0 Å². The van der Waals surface area contributed by atoms with Crippen molar-refractivity contribution in [3.8, 4) is 0 Å². The number of nitrogens with zero attached hydrogens (tertiary/aromatic N) is 1. The molecule has 2 saturated heterocycles. The number of hydrogen-bond acceptors (Lipinski definition) is 4. The van der Waals surface area contributed by atoms with E-state index in [1.165, 1.54) is 0 Å². The van der Waals surface area contributed by atoms with Crippen molar-refractivity contribution in [2.75, 3.05) is 39.5 Å². The van der Waals surface area contributed by atoms with Crippen molar-refractivity contribution in [1.29, 1.82) is 0 Å². The molecule has 0 aliphatic carbocycles. The minimum atomic E-state index is 0.230. The second kappa shape index (κ2) is 8.60. The Morgan fingerprint density at radius 1 is 1.45 bits per heavy atom. The number of nitrogens with one attached hydrogen (secondary N) is 1. The summed E-state index contributed by atoms with van der Waals surface area (Å²) in [6.45, 7) is 6.93. The zero-order chi connectivity index (χ0) is 14.2. The first-order valence-electron chi connectivity index (χ1n) is 8.00. The molecule has 1 amide bonds. The lowest BCUT2D eigenvalue weighted by Gasteiger charge is -2.28. The number of carbonyl (C=O) groups is 1. The maximum absolute atomic E-state index is 12.3. The van der Waals surface area contributed by atoms with Gasteiger partial charge in [-0.3, -0.25) is 4.79 Å². The third kappa shape index (κ3) is 4.72. The Kier molecular flexibility index (Phi) is 6.76. The maximum Gasteiger partial charge on any atom is 0.225 e. The van der Waals surface area contributed by atoms with Gasteiger partial charge in [-0.1, -0.05) is 6.92 Å². The summed E-state index contributed by atoms with van der Waals surface area (Å²) in [4.78, 5) is 14.3. The lowest BCUT2D eigenvalue weighted by molar-refractivity contribution is -0.134. The van der Waals surface area contributed by atoms with E-state index in [1.807, 2.05) is 4.90 Å². The van der Waals surface area contributed by atoms with Gasteiger partial charge in [0, 0.05) is 25.7 Å². The van der Waals surface area contributed by atoms with Crippen LogP contribution in [0.15, 0.2) is 0 Å². The monoisotopic (exact) mass is 284 g/mol. The fourth-order valence-electron chi connectivity index (χ4n) is 2.95. The predicted octanol–water partition coefficient (Wildman–Crippen LogP) is 1.17. The van der Waals surface area contributed by atoms with Crippen LogP contribution in [0, 0.1) is 0 Å². The molecule has 2 unspecified atom stereocenters. The van der Waals surface area contributed by atoms with Crippen LogP contribution in [-0.4, -0.2) is 62.4 Å². The summed E-state index contributed by atoms with van der Waals surface area (Å²) >= 11 is 0. The Balaban J connectivity index is 1.65. The molecule has 0 radical (unpaired) electrons. The third-order valence-corrected chi connectivity index (χ3v) is 4.05. The Bertz CT molecular complexity index is 287. The molecule has 0 aromatic rings. The minimum Gasteiger partial charge on any atom is -0.378 e. The van der Waals surface area contributed by atoms with E-state index >= 15 is 0 Å². The summed E-state index contributed by atoms with van der Waals surface area (Å²) in [5.41, 5.74) is 0. The van der Waals surface area contributed by atoms with Crippen LogP contribution in [0.2, 0.25) is 0 Å². The Hall–Kier alpha value is -0.650. The van der Waals surface area contributed by atoms with Gasteiger partial charge in [0.05, 0.1) is 25.7 Å². The smallest absolute Gasteiger partial charge is 0.225 e. The van der Waals surface area contributed by atoms with Crippen molar-refractivity contribution in [1.82, 2.24) is 10.2 Å². The molecule has 20 heavy (non-hydrogen) atoms. The van der Waals surface area contributed by atoms with Gasteiger partial charge in [-0.05, 0) is 32.2 Å². The van der Waals surface area contributed by atoms with Gasteiger partial charge in [0.15, 0.2) is 0 Å². The van der Waals surface area contributed by atoms with E-state index in [9.17, 15) is 4.79 Å². The van der Waals surface area contributed by atoms with Crippen LogP contribution in [0.4, 0.5) is 0 Å². The number of hydrogen-bond donors (Lipinski definition) is 1. The zero-order valence-corrected chi connectivity index (χ0v) is 12.6. The highest BCUT2D eigenvalue weighted by Gasteiger charge is 2.25. The van der Waals surface area contributed by atoms with Crippen molar-refractivity contribution < 1.29 is 14.3 Å². The standard InChI is InChI=1S/C15H28N2O3/c1-2-8-17(13-5-7-16-11-13)15(18)6-10-19-12-14-4-3-9-20-14/h13-14,16H,2-12H2,1H3. The van der Waals surface area contributed by atoms with Crippen LogP contribution in [-0.2, 0) is 14.3 Å². The van der Waals surface area contributed by atoms with Crippen LogP contribution in [0.5, 0.6) is 0 Å². The Morgan fingerprint density at radius 3 is 3.00 bits per heavy atom. The maximum atomic E-state index is 12.3. The average Bonchev–Trinajstić information content (AvgIpc) is 3.13. The molecular weight excluding hydrogens is 256 g/mol. The molecule has 0 bridgehead atoms. The minimum absolute atomic E-state index is 0.230. The molecule has 0 saturated carbocycles. The molecule has 2 rings (SSSR count). The predicted molar refractivity (Wildman–Crippen MR) is 77.7 cm³/mol. The van der Waals surface area contributed by atoms with Crippen molar-refractivity contribution in [2.24, 2.45) is 0 Å². The molecule has 2 aliphatic rings. The Labute approximate surface area is 122 Å². The molecule has 0 aromatic carbocycles. The summed E-state index contributed by atoms with van der Waals surface area (Å²) in [5.74, 6) is 0.230. The lowest BCUT2D eigenvalue weighted by Crippen LogP contribution is -2.42. The van der Waals surface area contributed by atoms with Crippen LogP contribution in [0.3, 0.4) is 0 Å². The average molecular weight is 284 g/mol. The third-order valence-electron chi connectivity index (χ3n) is 4.05. The van der Waals surface area contributed by atoms with Crippen molar-refractivity contribution in [3.05, 3.63) is 0 Å². The summed E-state index contributed by atoms with van der Waals surface area (Å²) in [5, 5.41) is 3.33. The first-order valence-corrected chi connectivity index (χ1v) is 8.00. The number of rotatable bonds is 8. The second-order valence-electron chi connectivity index (χ2n) is 5.69. The SMILES string of the molecule is CCCN(C(=O)CCOCC1CCCO1)C1CCNC1.